The molecule has 0 bridgehead atoms. The van der Waals surface area contributed by atoms with Crippen molar-refractivity contribution in [2.75, 3.05) is 0 Å². The number of pyridine rings is 1. The number of rotatable bonds is 5. The molecule has 0 aliphatic carbocycles. The second-order valence-corrected chi connectivity index (χ2v) is 4.70. The molecule has 0 spiro atoms. The fourth-order valence-electron chi connectivity index (χ4n) is 1.61. The van der Waals surface area contributed by atoms with Crippen molar-refractivity contribution in [3.8, 4) is 11.5 Å². The minimum Gasteiger partial charge on any atom is -0.454 e. The summed E-state index contributed by atoms with van der Waals surface area (Å²) in [6.45, 7) is 4.64. The maximum absolute atomic E-state index is 13.5. The molecule has 0 fully saturated rings. The number of nitrogens with zero attached hydrogens (tertiary/aromatic N) is 1. The first-order valence-corrected chi connectivity index (χ1v) is 6.36. The second kappa shape index (κ2) is 6.43. The first-order valence-electron chi connectivity index (χ1n) is 6.36. The van der Waals surface area contributed by atoms with Crippen molar-refractivity contribution >= 4 is 0 Å². The van der Waals surface area contributed by atoms with Gasteiger partial charge in [-0.25, -0.2) is 8.78 Å². The van der Waals surface area contributed by atoms with Crippen LogP contribution in [-0.4, -0.2) is 11.0 Å². The van der Waals surface area contributed by atoms with Gasteiger partial charge in [0.15, 0.2) is 11.6 Å². The van der Waals surface area contributed by atoms with Crippen LogP contribution < -0.4 is 10.1 Å². The van der Waals surface area contributed by atoms with E-state index in [1.807, 2.05) is 13.8 Å². The van der Waals surface area contributed by atoms with E-state index < -0.39 is 11.6 Å². The molecule has 3 nitrogen and oxygen atoms in total. The molecule has 1 aromatic heterocycles. The summed E-state index contributed by atoms with van der Waals surface area (Å²) in [4.78, 5) is 4.18. The van der Waals surface area contributed by atoms with Crippen molar-refractivity contribution in [2.24, 2.45) is 0 Å². The van der Waals surface area contributed by atoms with E-state index in [0.717, 1.165) is 23.9 Å². The van der Waals surface area contributed by atoms with E-state index in [9.17, 15) is 8.78 Å². The Morgan fingerprint density at radius 1 is 1.20 bits per heavy atom. The fraction of sp³-hybridized carbons (Fsp3) is 0.267. The Morgan fingerprint density at radius 3 is 2.75 bits per heavy atom. The van der Waals surface area contributed by atoms with Gasteiger partial charge in [0.05, 0.1) is 5.69 Å². The van der Waals surface area contributed by atoms with Crippen molar-refractivity contribution in [3.63, 3.8) is 0 Å². The zero-order valence-electron chi connectivity index (χ0n) is 11.4. The first-order chi connectivity index (χ1) is 9.54. The predicted molar refractivity (Wildman–Crippen MR) is 72.6 cm³/mol. The normalized spacial score (nSPS) is 10.8. The van der Waals surface area contributed by atoms with E-state index in [0.29, 0.717) is 18.3 Å². The summed E-state index contributed by atoms with van der Waals surface area (Å²) in [5.74, 6) is -0.869. The Bertz CT molecular complexity index is 588. The number of hydrogen-bond acceptors (Lipinski definition) is 3. The van der Waals surface area contributed by atoms with Crippen LogP contribution >= 0.6 is 0 Å². The Labute approximate surface area is 116 Å². The van der Waals surface area contributed by atoms with Crippen LogP contribution in [0.4, 0.5) is 8.78 Å². The van der Waals surface area contributed by atoms with Crippen LogP contribution in [0.3, 0.4) is 0 Å². The summed E-state index contributed by atoms with van der Waals surface area (Å²) in [7, 11) is 0. The molecule has 5 heteroatoms. The molecular formula is C15H16F2N2O. The van der Waals surface area contributed by atoms with Gasteiger partial charge in [-0.05, 0) is 18.2 Å². The third-order valence-electron chi connectivity index (χ3n) is 2.60. The molecule has 0 unspecified atom stereocenters. The van der Waals surface area contributed by atoms with Gasteiger partial charge in [0.2, 0.25) is 0 Å². The molecular weight excluding hydrogens is 262 g/mol. The fourth-order valence-corrected chi connectivity index (χ4v) is 1.61. The quantitative estimate of drug-likeness (QED) is 0.906. The SMILES string of the molecule is CC(C)NCc1cc(Oc2cc(F)ccc2F)ccn1. The van der Waals surface area contributed by atoms with Crippen molar-refractivity contribution in [3.05, 3.63) is 53.9 Å². The van der Waals surface area contributed by atoms with Gasteiger partial charge in [-0.15, -0.1) is 0 Å². The zero-order chi connectivity index (χ0) is 14.5. The zero-order valence-corrected chi connectivity index (χ0v) is 11.4. The molecule has 0 radical (unpaired) electrons. The lowest BCUT2D eigenvalue weighted by Crippen LogP contribution is -2.22. The average molecular weight is 278 g/mol. The van der Waals surface area contributed by atoms with Crippen LogP contribution in [0.15, 0.2) is 36.5 Å². The summed E-state index contributed by atoms with van der Waals surface area (Å²) in [6.07, 6.45) is 1.57. The number of hydrogen-bond donors (Lipinski definition) is 1. The van der Waals surface area contributed by atoms with Crippen LogP contribution in [0.25, 0.3) is 0 Å². The monoisotopic (exact) mass is 278 g/mol. The molecule has 2 rings (SSSR count). The molecule has 1 heterocycles. The summed E-state index contributed by atoms with van der Waals surface area (Å²) in [6, 6.07) is 6.73. The lowest BCUT2D eigenvalue weighted by molar-refractivity contribution is 0.435. The van der Waals surface area contributed by atoms with Crippen LogP contribution in [0, 0.1) is 11.6 Å². The Balaban J connectivity index is 2.13. The highest BCUT2D eigenvalue weighted by molar-refractivity contribution is 5.32. The summed E-state index contributed by atoms with van der Waals surface area (Å²) in [5.41, 5.74) is 0.771. The van der Waals surface area contributed by atoms with Crippen LogP contribution in [0.5, 0.6) is 11.5 Å². The maximum Gasteiger partial charge on any atom is 0.165 e. The largest absolute Gasteiger partial charge is 0.454 e. The van der Waals surface area contributed by atoms with Gasteiger partial charge in [-0.2, -0.15) is 0 Å². The standard InChI is InChI=1S/C15H16F2N2O/c1-10(2)19-9-12-8-13(5-6-18-12)20-15-7-11(16)3-4-14(15)17/h3-8,10,19H,9H2,1-2H3. The molecule has 0 amide bonds. The van der Waals surface area contributed by atoms with E-state index in [2.05, 4.69) is 10.3 Å². The van der Waals surface area contributed by atoms with Crippen molar-refractivity contribution < 1.29 is 13.5 Å². The Kier molecular flexibility index (Phi) is 4.63. The number of ether oxygens (including phenoxy) is 1. The molecule has 0 saturated carbocycles. The van der Waals surface area contributed by atoms with Crippen LogP contribution in [0.1, 0.15) is 19.5 Å². The third-order valence-corrected chi connectivity index (χ3v) is 2.60. The lowest BCUT2D eigenvalue weighted by atomic mass is 10.3. The van der Waals surface area contributed by atoms with Gasteiger partial charge in [0, 0.05) is 30.9 Å². The van der Waals surface area contributed by atoms with Gasteiger partial charge in [-0.1, -0.05) is 13.8 Å². The Hall–Kier alpha value is -2.01. The smallest absolute Gasteiger partial charge is 0.165 e. The molecule has 0 atom stereocenters. The van der Waals surface area contributed by atoms with Gasteiger partial charge in [-0.3, -0.25) is 4.98 Å². The van der Waals surface area contributed by atoms with Gasteiger partial charge >= 0.3 is 0 Å². The first kappa shape index (κ1) is 14.4. The maximum atomic E-state index is 13.5. The Morgan fingerprint density at radius 2 is 2.00 bits per heavy atom. The van der Waals surface area contributed by atoms with E-state index in [1.54, 1.807) is 18.3 Å². The highest BCUT2D eigenvalue weighted by Gasteiger charge is 2.07. The molecule has 2 aromatic rings. The number of aromatic nitrogens is 1. The lowest BCUT2D eigenvalue weighted by Gasteiger charge is -2.10. The third kappa shape index (κ3) is 3.99. The minimum absolute atomic E-state index is 0.140. The van der Waals surface area contributed by atoms with Gasteiger partial charge in [0.1, 0.15) is 11.6 Å². The van der Waals surface area contributed by atoms with Gasteiger partial charge < -0.3 is 10.1 Å². The highest BCUT2D eigenvalue weighted by Crippen LogP contribution is 2.25. The molecule has 20 heavy (non-hydrogen) atoms. The molecule has 1 aromatic carbocycles. The topological polar surface area (TPSA) is 34.1 Å². The summed E-state index contributed by atoms with van der Waals surface area (Å²) in [5, 5.41) is 3.22. The van der Waals surface area contributed by atoms with Crippen LogP contribution in [0.2, 0.25) is 0 Å². The average Bonchev–Trinajstić information content (AvgIpc) is 2.41. The van der Waals surface area contributed by atoms with Crippen LogP contribution in [-0.2, 0) is 6.54 Å². The van der Waals surface area contributed by atoms with Crippen molar-refractivity contribution in [2.45, 2.75) is 26.4 Å². The second-order valence-electron chi connectivity index (χ2n) is 4.70. The van der Waals surface area contributed by atoms with E-state index >= 15 is 0 Å². The van der Waals surface area contributed by atoms with E-state index in [-0.39, 0.29) is 5.75 Å². The number of halogens is 2. The minimum atomic E-state index is -0.606. The van der Waals surface area contributed by atoms with Crippen molar-refractivity contribution in [1.29, 1.82) is 0 Å². The summed E-state index contributed by atoms with van der Waals surface area (Å²) >= 11 is 0. The molecule has 106 valence electrons. The predicted octanol–water partition coefficient (Wildman–Crippen LogP) is 3.65. The van der Waals surface area contributed by atoms with E-state index in [4.69, 9.17) is 4.74 Å². The van der Waals surface area contributed by atoms with Crippen molar-refractivity contribution in [1.82, 2.24) is 10.3 Å². The molecule has 0 saturated heterocycles. The molecule has 0 aliphatic rings. The number of benzene rings is 1. The summed E-state index contributed by atoms with van der Waals surface area (Å²) < 4.78 is 31.9. The molecule has 1 N–H and O–H groups in total. The van der Waals surface area contributed by atoms with Gasteiger partial charge in [0.25, 0.3) is 0 Å². The highest BCUT2D eigenvalue weighted by atomic mass is 19.1. The van der Waals surface area contributed by atoms with E-state index in [1.165, 1.54) is 0 Å². The number of nitrogens with one attached hydrogen (secondary N) is 1. The molecule has 0 aliphatic heterocycles.